The summed E-state index contributed by atoms with van der Waals surface area (Å²) in [6, 6.07) is 2.02. The molecule has 1 fully saturated rings. The number of hydrogen-bond donors (Lipinski definition) is 2. The van der Waals surface area contributed by atoms with Crippen molar-refractivity contribution in [2.24, 2.45) is 5.92 Å². The summed E-state index contributed by atoms with van der Waals surface area (Å²) >= 11 is 0. The molecule has 0 radical (unpaired) electrons. The first-order valence-corrected chi connectivity index (χ1v) is 7.21. The average molecular weight is 337 g/mol. The van der Waals surface area contributed by atoms with Crippen LogP contribution in [-0.4, -0.2) is 34.8 Å². The third-order valence-electron chi connectivity index (χ3n) is 3.67. The Kier molecular flexibility index (Phi) is 10.5. The summed E-state index contributed by atoms with van der Waals surface area (Å²) in [4.78, 5) is 11.9. The molecule has 0 saturated carbocycles. The van der Waals surface area contributed by atoms with E-state index in [1.165, 1.54) is 12.8 Å². The van der Waals surface area contributed by atoms with E-state index in [4.69, 9.17) is 0 Å². The van der Waals surface area contributed by atoms with Crippen LogP contribution in [0.4, 0.5) is 0 Å². The predicted molar refractivity (Wildman–Crippen MR) is 89.2 cm³/mol. The van der Waals surface area contributed by atoms with E-state index in [-0.39, 0.29) is 36.8 Å². The highest BCUT2D eigenvalue weighted by Crippen LogP contribution is 2.17. The first-order chi connectivity index (χ1) is 9.24. The normalized spacial score (nSPS) is 16.4. The number of rotatable bonds is 6. The van der Waals surface area contributed by atoms with Crippen molar-refractivity contribution >= 4 is 30.7 Å². The van der Waals surface area contributed by atoms with Crippen LogP contribution >= 0.6 is 24.8 Å². The van der Waals surface area contributed by atoms with Gasteiger partial charge < -0.3 is 10.6 Å². The third-order valence-corrected chi connectivity index (χ3v) is 3.67. The molecule has 1 unspecified atom stereocenters. The van der Waals surface area contributed by atoms with Crippen LogP contribution in [0.25, 0.3) is 0 Å². The van der Waals surface area contributed by atoms with Crippen molar-refractivity contribution in [3.05, 3.63) is 18.5 Å². The van der Waals surface area contributed by atoms with Crippen LogP contribution in [0, 0.1) is 5.92 Å². The van der Waals surface area contributed by atoms with Crippen molar-refractivity contribution in [1.29, 1.82) is 0 Å². The number of aromatic nitrogens is 2. The quantitative estimate of drug-likeness (QED) is 0.835. The Hall–Kier alpha value is -0.780. The summed E-state index contributed by atoms with van der Waals surface area (Å²) in [5, 5.41) is 10.5. The number of carbonyl (C=O) groups excluding carboxylic acids is 1. The second kappa shape index (κ2) is 10.9. The number of halogens is 2. The highest BCUT2D eigenvalue weighted by atomic mass is 35.5. The molecule has 0 aromatic carbocycles. The van der Waals surface area contributed by atoms with Gasteiger partial charge in [0.2, 0.25) is 5.91 Å². The van der Waals surface area contributed by atoms with Gasteiger partial charge in [-0.2, -0.15) is 5.10 Å². The number of carbonyl (C=O) groups is 1. The fourth-order valence-electron chi connectivity index (χ4n) is 2.59. The van der Waals surface area contributed by atoms with Gasteiger partial charge >= 0.3 is 0 Å². The molecule has 0 bridgehead atoms. The average Bonchev–Trinajstić information content (AvgIpc) is 2.90. The molecule has 21 heavy (non-hydrogen) atoms. The molecule has 0 spiro atoms. The smallest absolute Gasteiger partial charge is 0.220 e. The molecule has 1 saturated heterocycles. The van der Waals surface area contributed by atoms with E-state index >= 15 is 0 Å². The zero-order chi connectivity index (χ0) is 13.5. The molecule has 1 aromatic heterocycles. The van der Waals surface area contributed by atoms with Gasteiger partial charge in [-0.1, -0.05) is 0 Å². The lowest BCUT2D eigenvalue weighted by Crippen LogP contribution is -2.36. The number of amides is 1. The van der Waals surface area contributed by atoms with E-state index in [1.807, 2.05) is 23.9 Å². The van der Waals surface area contributed by atoms with Crippen LogP contribution in [0.1, 0.15) is 32.6 Å². The van der Waals surface area contributed by atoms with Gasteiger partial charge in [-0.05, 0) is 51.3 Å². The number of nitrogens with one attached hydrogen (secondary N) is 2. The van der Waals surface area contributed by atoms with Gasteiger partial charge in [-0.3, -0.25) is 9.48 Å². The highest BCUT2D eigenvalue weighted by molar-refractivity contribution is 5.85. The molecule has 2 heterocycles. The van der Waals surface area contributed by atoms with Crippen LogP contribution in [0.5, 0.6) is 0 Å². The minimum atomic E-state index is 0. The van der Waals surface area contributed by atoms with E-state index < -0.39 is 0 Å². The molecular weight excluding hydrogens is 311 g/mol. The largest absolute Gasteiger partial charge is 0.352 e. The topological polar surface area (TPSA) is 59.0 Å². The minimum absolute atomic E-state index is 0. The zero-order valence-electron chi connectivity index (χ0n) is 12.5. The number of nitrogens with zero attached hydrogens (tertiary/aromatic N) is 2. The summed E-state index contributed by atoms with van der Waals surface area (Å²) in [6.07, 6.45) is 7.74. The van der Waals surface area contributed by atoms with Gasteiger partial charge in [0.15, 0.2) is 0 Å². The highest BCUT2D eigenvalue weighted by Gasteiger charge is 2.15. The van der Waals surface area contributed by atoms with Crippen molar-refractivity contribution in [2.75, 3.05) is 13.1 Å². The molecule has 0 aliphatic carbocycles. The fraction of sp³-hybridized carbons (Fsp3) is 0.714. The minimum Gasteiger partial charge on any atom is -0.352 e. The summed E-state index contributed by atoms with van der Waals surface area (Å²) in [5.74, 6) is 0.881. The van der Waals surface area contributed by atoms with E-state index in [9.17, 15) is 4.79 Å². The molecule has 1 aliphatic heterocycles. The summed E-state index contributed by atoms with van der Waals surface area (Å²) < 4.78 is 1.84. The molecule has 2 N–H and O–H groups in total. The van der Waals surface area contributed by atoms with Crippen molar-refractivity contribution in [1.82, 2.24) is 20.4 Å². The Balaban J connectivity index is 0.00000200. The second-order valence-corrected chi connectivity index (χ2v) is 5.43. The first kappa shape index (κ1) is 20.2. The van der Waals surface area contributed by atoms with Gasteiger partial charge in [-0.15, -0.1) is 24.8 Å². The summed E-state index contributed by atoms with van der Waals surface area (Å²) in [6.45, 7) is 4.94. The van der Waals surface area contributed by atoms with Crippen molar-refractivity contribution in [2.45, 2.75) is 45.2 Å². The standard InChI is InChI=1S/C14H24N4O.2ClH/c1-12(11-18-10-2-7-16-18)17-14(19)4-3-13-5-8-15-9-6-13;;/h2,7,10,12-13,15H,3-6,8-9,11H2,1H3,(H,17,19);2*1H. The van der Waals surface area contributed by atoms with Gasteiger partial charge in [0.1, 0.15) is 0 Å². The fourth-order valence-corrected chi connectivity index (χ4v) is 2.59. The van der Waals surface area contributed by atoms with E-state index in [2.05, 4.69) is 15.7 Å². The molecule has 7 heteroatoms. The maximum atomic E-state index is 11.9. The SMILES string of the molecule is CC(Cn1cccn1)NC(=O)CCC1CCNCC1.Cl.Cl. The van der Waals surface area contributed by atoms with Crippen LogP contribution < -0.4 is 10.6 Å². The van der Waals surface area contributed by atoms with Gasteiger partial charge in [0.05, 0.1) is 6.54 Å². The van der Waals surface area contributed by atoms with Crippen LogP contribution in [-0.2, 0) is 11.3 Å². The zero-order valence-corrected chi connectivity index (χ0v) is 14.1. The number of hydrogen-bond acceptors (Lipinski definition) is 3. The second-order valence-electron chi connectivity index (χ2n) is 5.43. The van der Waals surface area contributed by atoms with Crippen molar-refractivity contribution in [3.8, 4) is 0 Å². The van der Waals surface area contributed by atoms with Crippen LogP contribution in [0.2, 0.25) is 0 Å². The first-order valence-electron chi connectivity index (χ1n) is 7.21. The third kappa shape index (κ3) is 7.69. The summed E-state index contributed by atoms with van der Waals surface area (Å²) in [7, 11) is 0. The van der Waals surface area contributed by atoms with Crippen molar-refractivity contribution < 1.29 is 4.79 Å². The summed E-state index contributed by atoms with van der Waals surface area (Å²) in [5.41, 5.74) is 0. The van der Waals surface area contributed by atoms with Crippen LogP contribution in [0.3, 0.4) is 0 Å². The lowest BCUT2D eigenvalue weighted by Gasteiger charge is -2.22. The van der Waals surface area contributed by atoms with E-state index in [1.54, 1.807) is 6.20 Å². The molecule has 1 aliphatic rings. The maximum Gasteiger partial charge on any atom is 0.220 e. The van der Waals surface area contributed by atoms with E-state index in [0.717, 1.165) is 26.1 Å². The molecule has 1 atom stereocenters. The maximum absolute atomic E-state index is 11.9. The molecule has 1 amide bonds. The van der Waals surface area contributed by atoms with Gasteiger partial charge in [-0.25, -0.2) is 0 Å². The lowest BCUT2D eigenvalue weighted by molar-refractivity contribution is -0.122. The molecule has 2 rings (SSSR count). The van der Waals surface area contributed by atoms with Gasteiger partial charge in [0.25, 0.3) is 0 Å². The Morgan fingerprint density at radius 1 is 1.43 bits per heavy atom. The number of piperidine rings is 1. The molecule has 1 aromatic rings. The Bertz CT molecular complexity index is 380. The Morgan fingerprint density at radius 2 is 2.14 bits per heavy atom. The molecule has 5 nitrogen and oxygen atoms in total. The van der Waals surface area contributed by atoms with Gasteiger partial charge in [0, 0.05) is 24.9 Å². The molecular formula is C14H26Cl2N4O. The monoisotopic (exact) mass is 336 g/mol. The van der Waals surface area contributed by atoms with Crippen molar-refractivity contribution in [3.63, 3.8) is 0 Å². The van der Waals surface area contributed by atoms with Crippen LogP contribution in [0.15, 0.2) is 18.5 Å². The Morgan fingerprint density at radius 3 is 2.76 bits per heavy atom. The lowest BCUT2D eigenvalue weighted by atomic mass is 9.93. The van der Waals surface area contributed by atoms with E-state index in [0.29, 0.717) is 12.3 Å². The predicted octanol–water partition coefficient (Wildman–Crippen LogP) is 2.01. The molecule has 122 valence electrons. The Labute approximate surface area is 139 Å².